The second-order valence-corrected chi connectivity index (χ2v) is 5.59. The largest absolute Gasteiger partial charge is 0.405 e. The maximum absolute atomic E-state index is 12.0. The van der Waals surface area contributed by atoms with Gasteiger partial charge in [-0.3, -0.25) is 4.79 Å². The van der Waals surface area contributed by atoms with Crippen LogP contribution in [0.15, 0.2) is 0 Å². The summed E-state index contributed by atoms with van der Waals surface area (Å²) in [4.78, 5) is 11.4. The van der Waals surface area contributed by atoms with E-state index in [2.05, 4.69) is 12.2 Å². The lowest BCUT2D eigenvalue weighted by molar-refractivity contribution is -0.139. The summed E-state index contributed by atoms with van der Waals surface area (Å²) in [6.07, 6.45) is 0.299. The Morgan fingerprint density at radius 3 is 2.37 bits per heavy atom. The van der Waals surface area contributed by atoms with Crippen molar-refractivity contribution in [1.29, 1.82) is 0 Å². The van der Waals surface area contributed by atoms with E-state index in [4.69, 9.17) is 0 Å². The Balaban J connectivity index is 2.19. The Hall–Kier alpha value is -0.780. The van der Waals surface area contributed by atoms with Gasteiger partial charge in [0.2, 0.25) is 5.91 Å². The van der Waals surface area contributed by atoms with Crippen molar-refractivity contribution in [2.45, 2.75) is 51.7 Å². The molecule has 0 aromatic heterocycles. The molecular formula is C13H23F3N2O. The first kappa shape index (κ1) is 16.3. The van der Waals surface area contributed by atoms with E-state index in [0.29, 0.717) is 12.5 Å². The Bertz CT molecular complexity index is 286. The summed E-state index contributed by atoms with van der Waals surface area (Å²) in [5.41, 5.74) is 0. The van der Waals surface area contributed by atoms with E-state index >= 15 is 0 Å². The van der Waals surface area contributed by atoms with Crippen LogP contribution in [0.3, 0.4) is 0 Å². The first-order chi connectivity index (χ1) is 8.78. The molecule has 0 spiro atoms. The van der Waals surface area contributed by atoms with Crippen LogP contribution in [-0.2, 0) is 4.79 Å². The number of carbonyl (C=O) groups is 1. The zero-order valence-corrected chi connectivity index (χ0v) is 11.5. The molecule has 0 saturated heterocycles. The van der Waals surface area contributed by atoms with E-state index < -0.39 is 24.7 Å². The fraction of sp³-hybridized carbons (Fsp3) is 0.923. The highest BCUT2D eigenvalue weighted by molar-refractivity contribution is 5.81. The summed E-state index contributed by atoms with van der Waals surface area (Å²) in [5.74, 6) is 0.708. The van der Waals surface area contributed by atoms with Crippen LogP contribution in [0.25, 0.3) is 0 Å². The molecule has 0 heterocycles. The minimum atomic E-state index is -4.35. The van der Waals surface area contributed by atoms with Crippen molar-refractivity contribution in [2.24, 2.45) is 11.8 Å². The van der Waals surface area contributed by atoms with Gasteiger partial charge >= 0.3 is 6.18 Å². The second-order valence-electron chi connectivity index (χ2n) is 5.59. The third kappa shape index (κ3) is 6.80. The van der Waals surface area contributed by atoms with Gasteiger partial charge in [0, 0.05) is 0 Å². The predicted molar refractivity (Wildman–Crippen MR) is 67.7 cm³/mol. The molecule has 6 heteroatoms. The molecule has 19 heavy (non-hydrogen) atoms. The number of nitrogens with one attached hydrogen (secondary N) is 2. The summed E-state index contributed by atoms with van der Waals surface area (Å²) in [6.45, 7) is 3.26. The van der Waals surface area contributed by atoms with Gasteiger partial charge in [-0.15, -0.1) is 0 Å². The van der Waals surface area contributed by atoms with Crippen LogP contribution < -0.4 is 10.6 Å². The molecule has 1 fully saturated rings. The van der Waals surface area contributed by atoms with E-state index in [1.165, 1.54) is 12.8 Å². The molecule has 1 unspecified atom stereocenters. The van der Waals surface area contributed by atoms with Gasteiger partial charge in [-0.1, -0.05) is 19.8 Å². The van der Waals surface area contributed by atoms with Crippen LogP contribution in [0.2, 0.25) is 0 Å². The monoisotopic (exact) mass is 280 g/mol. The molecule has 1 aliphatic rings. The lowest BCUT2D eigenvalue weighted by Crippen LogP contribution is -2.46. The standard InChI is InChI=1S/C13H23F3N2O/c1-9-3-5-11(6-4-9)7-17-10(2)12(19)18-8-13(14,15)16/h9-11,17H,3-8H2,1-2H3,(H,18,19). The number of amides is 1. The van der Waals surface area contributed by atoms with Crippen molar-refractivity contribution in [2.75, 3.05) is 13.1 Å². The zero-order valence-electron chi connectivity index (χ0n) is 11.5. The van der Waals surface area contributed by atoms with Crippen molar-refractivity contribution in [3.63, 3.8) is 0 Å². The third-order valence-corrected chi connectivity index (χ3v) is 3.70. The predicted octanol–water partition coefficient (Wildman–Crippen LogP) is 2.47. The lowest BCUT2D eigenvalue weighted by atomic mass is 9.83. The smallest absolute Gasteiger partial charge is 0.346 e. The van der Waals surface area contributed by atoms with Gasteiger partial charge in [0.15, 0.2) is 0 Å². The van der Waals surface area contributed by atoms with Crippen molar-refractivity contribution in [1.82, 2.24) is 10.6 Å². The van der Waals surface area contributed by atoms with Crippen molar-refractivity contribution < 1.29 is 18.0 Å². The molecule has 0 bridgehead atoms. The highest BCUT2D eigenvalue weighted by Gasteiger charge is 2.28. The molecule has 112 valence electrons. The normalized spacial score (nSPS) is 25.9. The molecule has 0 aromatic rings. The van der Waals surface area contributed by atoms with Crippen LogP contribution >= 0.6 is 0 Å². The molecule has 3 nitrogen and oxygen atoms in total. The Kier molecular flexibility index (Phi) is 6.10. The highest BCUT2D eigenvalue weighted by atomic mass is 19.4. The van der Waals surface area contributed by atoms with Gasteiger partial charge in [0.05, 0.1) is 6.04 Å². The van der Waals surface area contributed by atoms with Gasteiger partial charge in [-0.05, 0) is 38.1 Å². The first-order valence-corrected chi connectivity index (χ1v) is 6.86. The van der Waals surface area contributed by atoms with E-state index in [1.54, 1.807) is 6.92 Å². The van der Waals surface area contributed by atoms with E-state index in [-0.39, 0.29) is 0 Å². The molecule has 1 saturated carbocycles. The second kappa shape index (κ2) is 7.12. The van der Waals surface area contributed by atoms with Crippen LogP contribution in [0.5, 0.6) is 0 Å². The fourth-order valence-corrected chi connectivity index (χ4v) is 2.31. The SMILES string of the molecule is CC1CCC(CNC(C)C(=O)NCC(F)(F)F)CC1. The number of hydrogen-bond donors (Lipinski definition) is 2. The zero-order chi connectivity index (χ0) is 14.5. The van der Waals surface area contributed by atoms with Crippen molar-refractivity contribution >= 4 is 5.91 Å². The summed E-state index contributed by atoms with van der Waals surface area (Å²) in [6, 6.07) is -0.582. The van der Waals surface area contributed by atoms with Crippen LogP contribution in [0, 0.1) is 11.8 Å². The van der Waals surface area contributed by atoms with Gasteiger partial charge in [0.25, 0.3) is 0 Å². The summed E-state index contributed by atoms with van der Waals surface area (Å²) >= 11 is 0. The van der Waals surface area contributed by atoms with Gasteiger partial charge in [0.1, 0.15) is 6.54 Å². The van der Waals surface area contributed by atoms with Gasteiger partial charge in [-0.2, -0.15) is 13.2 Å². The van der Waals surface area contributed by atoms with Crippen molar-refractivity contribution in [3.8, 4) is 0 Å². The van der Waals surface area contributed by atoms with Crippen LogP contribution in [-0.4, -0.2) is 31.2 Å². The van der Waals surface area contributed by atoms with Crippen molar-refractivity contribution in [3.05, 3.63) is 0 Å². The Morgan fingerprint density at radius 1 is 1.26 bits per heavy atom. The van der Waals surface area contributed by atoms with E-state index in [1.807, 2.05) is 5.32 Å². The van der Waals surface area contributed by atoms with Gasteiger partial charge < -0.3 is 10.6 Å². The molecule has 0 aliphatic heterocycles. The topological polar surface area (TPSA) is 41.1 Å². The quantitative estimate of drug-likeness (QED) is 0.812. The molecule has 0 aromatic carbocycles. The minimum Gasteiger partial charge on any atom is -0.346 e. The van der Waals surface area contributed by atoms with Gasteiger partial charge in [-0.25, -0.2) is 0 Å². The van der Waals surface area contributed by atoms with Crippen LogP contribution in [0.4, 0.5) is 13.2 Å². The Morgan fingerprint density at radius 2 is 1.84 bits per heavy atom. The average Bonchev–Trinajstić information content (AvgIpc) is 2.34. The number of carbonyl (C=O) groups excluding carboxylic acids is 1. The summed E-state index contributed by atoms with van der Waals surface area (Å²) in [7, 11) is 0. The molecule has 1 atom stereocenters. The highest BCUT2D eigenvalue weighted by Crippen LogP contribution is 2.27. The van der Waals surface area contributed by atoms with Crippen LogP contribution in [0.1, 0.15) is 39.5 Å². The molecule has 0 radical (unpaired) electrons. The molecule has 2 N–H and O–H groups in total. The maximum Gasteiger partial charge on any atom is 0.405 e. The number of hydrogen-bond acceptors (Lipinski definition) is 2. The lowest BCUT2D eigenvalue weighted by Gasteiger charge is -2.27. The molecule has 1 aliphatic carbocycles. The number of halogens is 3. The Labute approximate surface area is 112 Å². The number of alkyl halides is 3. The maximum atomic E-state index is 12.0. The minimum absolute atomic E-state index is 0.536. The average molecular weight is 280 g/mol. The molecule has 1 amide bonds. The van der Waals surface area contributed by atoms with E-state index in [9.17, 15) is 18.0 Å². The summed E-state index contributed by atoms with van der Waals surface area (Å²) < 4.78 is 35.9. The number of rotatable bonds is 5. The fourth-order valence-electron chi connectivity index (χ4n) is 2.31. The third-order valence-electron chi connectivity index (χ3n) is 3.70. The first-order valence-electron chi connectivity index (χ1n) is 6.86. The molecule has 1 rings (SSSR count). The van der Waals surface area contributed by atoms with E-state index in [0.717, 1.165) is 18.8 Å². The molecular weight excluding hydrogens is 257 g/mol. The summed E-state index contributed by atoms with van der Waals surface area (Å²) in [5, 5.41) is 4.91.